The highest BCUT2D eigenvalue weighted by Crippen LogP contribution is 2.30. The standard InChI is InChI=1S/C60H96N8O13/c1-19-37(8)50(45(78-17)32-46(69)68-31-23-26-44(68)52(79-18)38(9)53(71)61-39(10)51(70)42-24-21-20-22-25-42)66(15)57(75)48(35(4)5)64-56(74)49(36(6)7)67(16)59(77)80-33-41-27-29-43(30-28-41)63-54(72)40(11)62-55(73)47(34(2)3)65-58(76)81-60(12,13)14/h20-22,24-25,27-30,34-40,44-45,47-52,70H,19,23,26,31-33H2,1-18H3,(H,61,71)(H,62,73)(H,63,72)(H,64,74)(H,65,76)/t37-,38+,39+,40-,44-,45+,47-,48-,49-,50-,51+,52+/m0/s1. The summed E-state index contributed by atoms with van der Waals surface area (Å²) in [6.07, 6.45) is -2.00. The molecule has 0 saturated carbocycles. The first-order valence-electron chi connectivity index (χ1n) is 28.4. The average molecular weight is 1140 g/mol. The second-order valence-electron chi connectivity index (χ2n) is 23.6. The van der Waals surface area contributed by atoms with Gasteiger partial charge in [0.05, 0.1) is 48.8 Å². The second-order valence-corrected chi connectivity index (χ2v) is 23.6. The molecule has 1 fully saturated rings. The number of anilines is 1. The van der Waals surface area contributed by atoms with Crippen LogP contribution < -0.4 is 26.6 Å². The van der Waals surface area contributed by atoms with Gasteiger partial charge in [0.25, 0.3) is 0 Å². The number of likely N-dealkylation sites (N-methyl/N-ethyl adjacent to an activating group) is 2. The SMILES string of the molecule is CC[C@H](C)[C@@H]([C@@H](CC(=O)N1CCC[C@H]1[C@H](OC)[C@@H](C)C(=O)N[C@H](C)[C@@H](O)c1ccccc1)OC)N(C)C(=O)[C@@H](NC(=O)[C@H](C(C)C)N(C)C(=O)OCc1ccc(NC(=O)[C@H](C)NC(=O)[C@@H](NC(=O)OC(C)(C)C)C(C)C)cc1)C(C)C. The smallest absolute Gasteiger partial charge is 0.410 e. The van der Waals surface area contributed by atoms with Gasteiger partial charge in [-0.25, -0.2) is 9.59 Å². The molecule has 0 aromatic heterocycles. The number of carbonyl (C=O) groups excluding carboxylic acids is 8. The molecule has 8 amide bonds. The van der Waals surface area contributed by atoms with Gasteiger partial charge in [-0.3, -0.25) is 33.7 Å². The molecule has 0 aliphatic carbocycles. The van der Waals surface area contributed by atoms with Crippen molar-refractivity contribution in [3.63, 3.8) is 0 Å². The maximum absolute atomic E-state index is 14.7. The largest absolute Gasteiger partial charge is 0.445 e. The van der Waals surface area contributed by atoms with Crippen molar-refractivity contribution < 1.29 is 62.4 Å². The Labute approximate surface area is 481 Å². The quantitative estimate of drug-likeness (QED) is 0.0527. The third-order valence-electron chi connectivity index (χ3n) is 15.0. The van der Waals surface area contributed by atoms with Gasteiger partial charge in [-0.1, -0.05) is 111 Å². The van der Waals surface area contributed by atoms with Crippen LogP contribution in [0.25, 0.3) is 0 Å². The molecule has 6 N–H and O–H groups in total. The summed E-state index contributed by atoms with van der Waals surface area (Å²) in [4.78, 5) is 114. The summed E-state index contributed by atoms with van der Waals surface area (Å²) < 4.78 is 23.0. The molecule has 1 saturated heterocycles. The molecule has 81 heavy (non-hydrogen) atoms. The minimum absolute atomic E-state index is 0.0724. The van der Waals surface area contributed by atoms with Gasteiger partial charge < -0.3 is 60.4 Å². The van der Waals surface area contributed by atoms with E-state index in [0.29, 0.717) is 42.6 Å². The number of likely N-dealkylation sites (tertiary alicyclic amines) is 1. The summed E-state index contributed by atoms with van der Waals surface area (Å²) in [5.41, 5.74) is 0.902. The number of aliphatic hydroxyl groups excluding tert-OH is 1. The Morgan fingerprint density at radius 2 is 1.32 bits per heavy atom. The zero-order valence-electron chi connectivity index (χ0n) is 51.3. The molecule has 12 atom stereocenters. The minimum atomic E-state index is -1.04. The van der Waals surface area contributed by atoms with Crippen LogP contribution in [0.4, 0.5) is 15.3 Å². The molecule has 1 heterocycles. The Hall–Kier alpha value is -6.32. The van der Waals surface area contributed by atoms with E-state index >= 15 is 0 Å². The molecular weight excluding hydrogens is 1040 g/mol. The highest BCUT2D eigenvalue weighted by atomic mass is 16.6. The molecule has 21 nitrogen and oxygen atoms in total. The lowest BCUT2D eigenvalue weighted by Gasteiger charge is -2.41. The van der Waals surface area contributed by atoms with Crippen molar-refractivity contribution in [1.82, 2.24) is 36.0 Å². The fourth-order valence-corrected chi connectivity index (χ4v) is 10.2. The zero-order valence-corrected chi connectivity index (χ0v) is 51.3. The first-order chi connectivity index (χ1) is 37.9. The molecule has 3 rings (SSSR count). The number of ether oxygens (including phenoxy) is 4. The van der Waals surface area contributed by atoms with E-state index < -0.39 is 120 Å². The van der Waals surface area contributed by atoms with Gasteiger partial charge in [-0.2, -0.15) is 0 Å². The van der Waals surface area contributed by atoms with Crippen LogP contribution in [0.5, 0.6) is 0 Å². The van der Waals surface area contributed by atoms with Crippen LogP contribution in [0.3, 0.4) is 0 Å². The molecule has 1 aliphatic heterocycles. The number of alkyl carbamates (subject to hydrolysis) is 1. The molecule has 0 spiro atoms. The first kappa shape index (κ1) is 69.0. The summed E-state index contributed by atoms with van der Waals surface area (Å²) in [7, 11) is 6.13. The van der Waals surface area contributed by atoms with Crippen molar-refractivity contribution in [2.24, 2.45) is 29.6 Å². The van der Waals surface area contributed by atoms with E-state index in [1.54, 1.807) is 116 Å². The second kappa shape index (κ2) is 31.8. The predicted octanol–water partition coefficient (Wildman–Crippen LogP) is 6.57. The lowest BCUT2D eigenvalue weighted by molar-refractivity contribution is -0.148. The van der Waals surface area contributed by atoms with Crippen LogP contribution in [0, 0.1) is 29.6 Å². The molecule has 2 aromatic carbocycles. The summed E-state index contributed by atoms with van der Waals surface area (Å²) in [5, 5.41) is 24.8. The Bertz CT molecular complexity index is 2380. The summed E-state index contributed by atoms with van der Waals surface area (Å²) in [6, 6.07) is 10.00. The van der Waals surface area contributed by atoms with Crippen LogP contribution in [0.15, 0.2) is 54.6 Å². The van der Waals surface area contributed by atoms with Crippen LogP contribution in [-0.2, 0) is 54.3 Å². The Morgan fingerprint density at radius 1 is 0.716 bits per heavy atom. The number of hydrogen-bond donors (Lipinski definition) is 6. The lowest BCUT2D eigenvalue weighted by atomic mass is 9.89. The highest BCUT2D eigenvalue weighted by Gasteiger charge is 2.44. The zero-order chi connectivity index (χ0) is 61.2. The summed E-state index contributed by atoms with van der Waals surface area (Å²) in [5.74, 6) is -4.49. The highest BCUT2D eigenvalue weighted by molar-refractivity contribution is 5.98. The van der Waals surface area contributed by atoms with E-state index in [0.717, 1.165) is 0 Å². The summed E-state index contributed by atoms with van der Waals surface area (Å²) >= 11 is 0. The van der Waals surface area contributed by atoms with Crippen LogP contribution in [0.2, 0.25) is 0 Å². The average Bonchev–Trinajstić information content (AvgIpc) is 3.91. The van der Waals surface area contributed by atoms with Gasteiger partial charge >= 0.3 is 12.2 Å². The topological polar surface area (TPSA) is 264 Å². The predicted molar refractivity (Wildman–Crippen MR) is 309 cm³/mol. The van der Waals surface area contributed by atoms with E-state index in [2.05, 4.69) is 26.6 Å². The van der Waals surface area contributed by atoms with E-state index in [-0.39, 0.29) is 36.7 Å². The van der Waals surface area contributed by atoms with Crippen molar-refractivity contribution in [3.8, 4) is 0 Å². The van der Waals surface area contributed by atoms with Gasteiger partial charge in [0.1, 0.15) is 36.4 Å². The van der Waals surface area contributed by atoms with E-state index in [4.69, 9.17) is 18.9 Å². The number of amides is 8. The maximum Gasteiger partial charge on any atom is 0.410 e. The molecule has 1 aliphatic rings. The van der Waals surface area contributed by atoms with E-state index in [1.807, 2.05) is 45.9 Å². The Kier molecular flexibility index (Phi) is 27.0. The van der Waals surface area contributed by atoms with Crippen LogP contribution in [0.1, 0.15) is 140 Å². The number of carbonyl (C=O) groups is 8. The Balaban J connectivity index is 1.67. The van der Waals surface area contributed by atoms with E-state index in [1.165, 1.54) is 33.1 Å². The van der Waals surface area contributed by atoms with Gasteiger partial charge in [-0.15, -0.1) is 0 Å². The number of nitrogens with zero attached hydrogens (tertiary/aromatic N) is 3. The van der Waals surface area contributed by atoms with Crippen molar-refractivity contribution in [1.29, 1.82) is 0 Å². The maximum atomic E-state index is 14.7. The van der Waals surface area contributed by atoms with Crippen molar-refractivity contribution in [3.05, 3.63) is 65.7 Å². The van der Waals surface area contributed by atoms with Crippen molar-refractivity contribution in [2.45, 2.75) is 195 Å². The normalized spacial score (nSPS) is 17.7. The fraction of sp³-hybridized carbons (Fsp3) is 0.667. The number of nitrogens with one attached hydrogen (secondary N) is 5. The third-order valence-corrected chi connectivity index (χ3v) is 15.0. The molecule has 2 aromatic rings. The van der Waals surface area contributed by atoms with Gasteiger partial charge in [0.15, 0.2) is 0 Å². The molecule has 0 unspecified atom stereocenters. The molecule has 21 heteroatoms. The number of aliphatic hydroxyl groups is 1. The molecular formula is C60H96N8O13. The number of hydrogen-bond acceptors (Lipinski definition) is 13. The monoisotopic (exact) mass is 1140 g/mol. The minimum Gasteiger partial charge on any atom is -0.445 e. The van der Waals surface area contributed by atoms with Gasteiger partial charge in [0, 0.05) is 40.5 Å². The van der Waals surface area contributed by atoms with Crippen LogP contribution >= 0.6 is 0 Å². The lowest BCUT2D eigenvalue weighted by Crippen LogP contribution is -2.60. The van der Waals surface area contributed by atoms with Crippen LogP contribution in [-0.4, -0.2) is 162 Å². The molecule has 454 valence electrons. The fourth-order valence-electron chi connectivity index (χ4n) is 10.2. The number of rotatable bonds is 28. The van der Waals surface area contributed by atoms with E-state index in [9.17, 15) is 43.5 Å². The van der Waals surface area contributed by atoms with Crippen molar-refractivity contribution in [2.75, 3.05) is 40.2 Å². The first-order valence-corrected chi connectivity index (χ1v) is 28.4. The Morgan fingerprint density at radius 3 is 1.85 bits per heavy atom. The molecule has 0 radical (unpaired) electrons. The number of methoxy groups -OCH3 is 2. The molecule has 0 bridgehead atoms. The van der Waals surface area contributed by atoms with Gasteiger partial charge in [0.2, 0.25) is 35.4 Å². The third kappa shape index (κ3) is 20.0. The number of benzene rings is 2. The van der Waals surface area contributed by atoms with Crippen molar-refractivity contribution >= 4 is 53.3 Å². The summed E-state index contributed by atoms with van der Waals surface area (Å²) in [6.45, 7) is 25.1. The van der Waals surface area contributed by atoms with Gasteiger partial charge in [-0.05, 0) is 94.4 Å².